The van der Waals surface area contributed by atoms with Gasteiger partial charge in [0.15, 0.2) is 12.1 Å². The van der Waals surface area contributed by atoms with Gasteiger partial charge in [-0.25, -0.2) is 0 Å². The lowest BCUT2D eigenvalue weighted by molar-refractivity contribution is -0.226. The highest BCUT2D eigenvalue weighted by Gasteiger charge is 2.29. The van der Waals surface area contributed by atoms with E-state index < -0.39 is 0 Å². The van der Waals surface area contributed by atoms with Crippen molar-refractivity contribution in [3.05, 3.63) is 35.4 Å². The van der Waals surface area contributed by atoms with Crippen molar-refractivity contribution in [2.75, 3.05) is 13.2 Å². The molecule has 0 aromatic heterocycles. The highest BCUT2D eigenvalue weighted by atomic mass is 16.7. The summed E-state index contributed by atoms with van der Waals surface area (Å²) in [7, 11) is 0. The summed E-state index contributed by atoms with van der Waals surface area (Å²) in [6.45, 7) is 6.88. The minimum atomic E-state index is -0.375. The zero-order valence-corrected chi connectivity index (χ0v) is 12.1. The Labute approximate surface area is 119 Å². The molecule has 108 valence electrons. The van der Waals surface area contributed by atoms with Crippen molar-refractivity contribution in [1.82, 2.24) is 0 Å². The topological polar surface area (TPSA) is 52.6 Å². The molecule has 20 heavy (non-hydrogen) atoms. The van der Waals surface area contributed by atoms with Gasteiger partial charge in [0.25, 0.3) is 0 Å². The van der Waals surface area contributed by atoms with Crippen molar-refractivity contribution in [3.8, 4) is 0 Å². The van der Waals surface area contributed by atoms with Crippen molar-refractivity contribution in [3.63, 3.8) is 0 Å². The molecule has 0 N–H and O–H groups in total. The number of carbonyl (C=O) groups is 2. The molecular formula is C16H20O4. The SMILES string of the molecule is CC(=O)CC(=O)c1ccc(C2OCC(C)(C)CO2)cc1. The summed E-state index contributed by atoms with van der Waals surface area (Å²) < 4.78 is 11.4. The molecule has 0 unspecified atom stereocenters. The Hall–Kier alpha value is -1.52. The predicted octanol–water partition coefficient (Wildman–Crippen LogP) is 2.92. The minimum Gasteiger partial charge on any atom is -0.348 e. The van der Waals surface area contributed by atoms with E-state index in [1.54, 1.807) is 12.1 Å². The molecule has 0 amide bonds. The molecule has 0 atom stereocenters. The molecule has 1 aliphatic rings. The molecule has 2 rings (SSSR count). The molecule has 0 radical (unpaired) electrons. The normalized spacial score (nSPS) is 18.8. The van der Waals surface area contributed by atoms with Gasteiger partial charge in [0.05, 0.1) is 19.6 Å². The van der Waals surface area contributed by atoms with Gasteiger partial charge in [-0.3, -0.25) is 9.59 Å². The van der Waals surface area contributed by atoms with Crippen LogP contribution in [0.2, 0.25) is 0 Å². The number of hydrogen-bond donors (Lipinski definition) is 0. The fraction of sp³-hybridized carbons (Fsp3) is 0.500. The average Bonchev–Trinajstić information content (AvgIpc) is 2.38. The van der Waals surface area contributed by atoms with Crippen LogP contribution < -0.4 is 0 Å². The molecule has 1 aromatic rings. The Morgan fingerprint density at radius 3 is 2.20 bits per heavy atom. The first kappa shape index (κ1) is 14.9. The second-order valence-electron chi connectivity index (χ2n) is 6.04. The maximum Gasteiger partial charge on any atom is 0.183 e. The monoisotopic (exact) mass is 276 g/mol. The Balaban J connectivity index is 2.02. The molecule has 0 spiro atoms. The van der Waals surface area contributed by atoms with Gasteiger partial charge >= 0.3 is 0 Å². The number of Topliss-reactive ketones (excluding diaryl/α,β-unsaturated/α-hetero) is 2. The van der Waals surface area contributed by atoms with Gasteiger partial charge in [0, 0.05) is 16.5 Å². The largest absolute Gasteiger partial charge is 0.348 e. The minimum absolute atomic E-state index is 0.0356. The van der Waals surface area contributed by atoms with Crippen LogP contribution in [0.4, 0.5) is 0 Å². The van der Waals surface area contributed by atoms with E-state index in [4.69, 9.17) is 9.47 Å². The van der Waals surface area contributed by atoms with Gasteiger partial charge in [0.2, 0.25) is 0 Å². The maximum atomic E-state index is 11.7. The summed E-state index contributed by atoms with van der Waals surface area (Å²) in [6.07, 6.45) is -0.427. The molecule has 0 saturated carbocycles. The van der Waals surface area contributed by atoms with E-state index in [2.05, 4.69) is 13.8 Å². The van der Waals surface area contributed by atoms with Crippen molar-refractivity contribution in [2.24, 2.45) is 5.41 Å². The zero-order valence-electron chi connectivity index (χ0n) is 12.1. The van der Waals surface area contributed by atoms with E-state index in [1.807, 2.05) is 12.1 Å². The fourth-order valence-corrected chi connectivity index (χ4v) is 2.04. The van der Waals surface area contributed by atoms with E-state index >= 15 is 0 Å². The van der Waals surface area contributed by atoms with Crippen LogP contribution >= 0.6 is 0 Å². The second kappa shape index (κ2) is 5.85. The Morgan fingerprint density at radius 2 is 1.70 bits per heavy atom. The van der Waals surface area contributed by atoms with Crippen LogP contribution in [0, 0.1) is 5.41 Å². The quantitative estimate of drug-likeness (QED) is 0.626. The van der Waals surface area contributed by atoms with Gasteiger partial charge < -0.3 is 9.47 Å². The van der Waals surface area contributed by atoms with Crippen LogP contribution in [-0.4, -0.2) is 24.8 Å². The van der Waals surface area contributed by atoms with Crippen LogP contribution in [0.15, 0.2) is 24.3 Å². The zero-order chi connectivity index (χ0) is 14.8. The van der Waals surface area contributed by atoms with Crippen molar-refractivity contribution >= 4 is 11.6 Å². The molecule has 1 heterocycles. The number of benzene rings is 1. The number of ketones is 2. The van der Waals surface area contributed by atoms with Crippen LogP contribution in [0.3, 0.4) is 0 Å². The third-order valence-electron chi connectivity index (χ3n) is 3.17. The highest BCUT2D eigenvalue weighted by molar-refractivity contribution is 6.07. The number of hydrogen-bond acceptors (Lipinski definition) is 4. The van der Waals surface area contributed by atoms with Gasteiger partial charge in [-0.15, -0.1) is 0 Å². The smallest absolute Gasteiger partial charge is 0.183 e. The maximum absolute atomic E-state index is 11.7. The number of rotatable bonds is 4. The average molecular weight is 276 g/mol. The number of ether oxygens (including phenoxy) is 2. The van der Waals surface area contributed by atoms with Crippen molar-refractivity contribution in [2.45, 2.75) is 33.5 Å². The first-order chi connectivity index (χ1) is 9.37. The molecule has 1 aliphatic heterocycles. The molecule has 1 saturated heterocycles. The number of carbonyl (C=O) groups excluding carboxylic acids is 2. The van der Waals surface area contributed by atoms with Gasteiger partial charge in [-0.2, -0.15) is 0 Å². The Bertz CT molecular complexity index is 492. The summed E-state index contributed by atoms with van der Waals surface area (Å²) in [5.74, 6) is -0.282. The lowest BCUT2D eigenvalue weighted by atomic mass is 9.95. The third kappa shape index (κ3) is 3.74. The lowest BCUT2D eigenvalue weighted by Crippen LogP contribution is -2.33. The van der Waals surface area contributed by atoms with E-state index in [0.717, 1.165) is 5.56 Å². The summed E-state index contributed by atoms with van der Waals surface area (Å²) in [5, 5.41) is 0. The Morgan fingerprint density at radius 1 is 1.15 bits per heavy atom. The second-order valence-corrected chi connectivity index (χ2v) is 6.04. The van der Waals surface area contributed by atoms with E-state index in [1.165, 1.54) is 6.92 Å². The molecule has 1 fully saturated rings. The summed E-state index contributed by atoms with van der Waals surface area (Å²) >= 11 is 0. The molecule has 0 aliphatic carbocycles. The predicted molar refractivity (Wildman–Crippen MR) is 74.5 cm³/mol. The van der Waals surface area contributed by atoms with Gasteiger partial charge in [-0.1, -0.05) is 38.1 Å². The molecule has 4 nitrogen and oxygen atoms in total. The van der Waals surface area contributed by atoms with Crippen molar-refractivity contribution < 1.29 is 19.1 Å². The van der Waals surface area contributed by atoms with Gasteiger partial charge in [0.1, 0.15) is 5.78 Å². The molecule has 4 heteroatoms. The van der Waals surface area contributed by atoms with Crippen LogP contribution in [-0.2, 0) is 14.3 Å². The summed E-state index contributed by atoms with van der Waals surface area (Å²) in [6, 6.07) is 7.06. The molecular weight excluding hydrogens is 256 g/mol. The van der Waals surface area contributed by atoms with E-state index in [-0.39, 0.29) is 29.7 Å². The summed E-state index contributed by atoms with van der Waals surface area (Å²) in [5.41, 5.74) is 1.47. The molecule has 0 bridgehead atoms. The summed E-state index contributed by atoms with van der Waals surface area (Å²) in [4.78, 5) is 22.7. The first-order valence-corrected chi connectivity index (χ1v) is 6.73. The van der Waals surface area contributed by atoms with Crippen LogP contribution in [0.5, 0.6) is 0 Å². The van der Waals surface area contributed by atoms with Crippen LogP contribution in [0.1, 0.15) is 49.4 Å². The fourth-order valence-electron chi connectivity index (χ4n) is 2.04. The standard InChI is InChI=1S/C16H20O4/c1-11(17)8-14(18)12-4-6-13(7-5-12)15-19-9-16(2,3)10-20-15/h4-7,15H,8-10H2,1-3H3. The highest BCUT2D eigenvalue weighted by Crippen LogP contribution is 2.31. The van der Waals surface area contributed by atoms with Gasteiger partial charge in [-0.05, 0) is 6.92 Å². The van der Waals surface area contributed by atoms with E-state index in [0.29, 0.717) is 18.8 Å². The third-order valence-corrected chi connectivity index (χ3v) is 3.17. The lowest BCUT2D eigenvalue weighted by Gasteiger charge is -2.34. The Kier molecular flexibility index (Phi) is 4.35. The first-order valence-electron chi connectivity index (χ1n) is 6.73. The molecule has 1 aromatic carbocycles. The van der Waals surface area contributed by atoms with Crippen LogP contribution in [0.25, 0.3) is 0 Å². The van der Waals surface area contributed by atoms with E-state index in [9.17, 15) is 9.59 Å². The van der Waals surface area contributed by atoms with Crippen molar-refractivity contribution in [1.29, 1.82) is 0 Å².